The molecule has 3 nitrogen and oxygen atoms in total. The molecular weight excluding hydrogens is 200 g/mol. The van der Waals surface area contributed by atoms with Gasteiger partial charge in [-0.05, 0) is 25.0 Å². The molecule has 0 aliphatic heterocycles. The predicted octanol–water partition coefficient (Wildman–Crippen LogP) is 2.13. The first kappa shape index (κ1) is 11.2. The summed E-state index contributed by atoms with van der Waals surface area (Å²) in [6, 6.07) is 8.54. The van der Waals surface area contributed by atoms with E-state index in [9.17, 15) is 0 Å². The van der Waals surface area contributed by atoms with E-state index in [1.165, 1.54) is 16.5 Å². The quantitative estimate of drug-likeness (QED) is 0.854. The Hall–Kier alpha value is -1.32. The van der Waals surface area contributed by atoms with Crippen molar-refractivity contribution < 1.29 is 4.74 Å². The Morgan fingerprint density at radius 2 is 2.12 bits per heavy atom. The van der Waals surface area contributed by atoms with Crippen molar-refractivity contribution in [3.63, 3.8) is 0 Å². The number of benzene rings is 1. The third-order valence-corrected chi connectivity index (χ3v) is 2.68. The van der Waals surface area contributed by atoms with Crippen LogP contribution in [0.25, 0.3) is 10.9 Å². The van der Waals surface area contributed by atoms with Crippen molar-refractivity contribution in [2.45, 2.75) is 26.1 Å². The van der Waals surface area contributed by atoms with E-state index in [1.54, 1.807) is 7.11 Å². The molecular formula is C13H18N2O. The smallest absolute Gasteiger partial charge is 0.122 e. The molecule has 0 bridgehead atoms. The molecule has 2 aromatic rings. The van der Waals surface area contributed by atoms with E-state index in [0.29, 0.717) is 6.73 Å². The summed E-state index contributed by atoms with van der Waals surface area (Å²) < 4.78 is 7.30. The third-order valence-electron chi connectivity index (χ3n) is 2.68. The maximum atomic E-state index is 5.86. The topological polar surface area (TPSA) is 40.2 Å². The number of fused-ring (bicyclic) bond motifs is 1. The number of ether oxygens (including phenoxy) is 1. The molecule has 2 rings (SSSR count). The normalized spacial score (nSPS) is 13.2. The Morgan fingerprint density at radius 1 is 1.38 bits per heavy atom. The Balaban J connectivity index is 2.48. The number of rotatable bonds is 4. The van der Waals surface area contributed by atoms with Gasteiger partial charge in [0.25, 0.3) is 0 Å². The third kappa shape index (κ3) is 2.10. The number of para-hydroxylation sites is 1. The highest BCUT2D eigenvalue weighted by Crippen LogP contribution is 2.22. The lowest BCUT2D eigenvalue weighted by Gasteiger charge is -2.02. The Bertz CT molecular complexity index is 474. The average Bonchev–Trinajstić information content (AvgIpc) is 2.58. The zero-order valence-corrected chi connectivity index (χ0v) is 9.81. The molecule has 0 spiro atoms. The molecule has 0 saturated heterocycles. The fraction of sp³-hybridized carbons (Fsp3) is 0.385. The van der Waals surface area contributed by atoms with Gasteiger partial charge in [-0.1, -0.05) is 18.2 Å². The second-order valence-electron chi connectivity index (χ2n) is 4.24. The van der Waals surface area contributed by atoms with E-state index in [2.05, 4.69) is 29.0 Å². The van der Waals surface area contributed by atoms with E-state index in [1.807, 2.05) is 13.0 Å². The SMILES string of the molecule is COCn1cc(CC(C)N)c2ccccc21. The Kier molecular flexibility index (Phi) is 3.27. The number of hydrogen-bond acceptors (Lipinski definition) is 2. The highest BCUT2D eigenvalue weighted by molar-refractivity contribution is 5.84. The van der Waals surface area contributed by atoms with Gasteiger partial charge in [-0.2, -0.15) is 0 Å². The summed E-state index contributed by atoms with van der Waals surface area (Å²) in [4.78, 5) is 0. The maximum Gasteiger partial charge on any atom is 0.122 e. The maximum absolute atomic E-state index is 5.86. The van der Waals surface area contributed by atoms with E-state index in [-0.39, 0.29) is 6.04 Å². The van der Waals surface area contributed by atoms with Gasteiger partial charge in [-0.25, -0.2) is 0 Å². The summed E-state index contributed by atoms with van der Waals surface area (Å²) in [5.41, 5.74) is 8.36. The molecule has 0 aliphatic rings. The highest BCUT2D eigenvalue weighted by atomic mass is 16.5. The van der Waals surface area contributed by atoms with Gasteiger partial charge in [0.2, 0.25) is 0 Å². The van der Waals surface area contributed by atoms with Crippen molar-refractivity contribution >= 4 is 10.9 Å². The molecule has 2 N–H and O–H groups in total. The van der Waals surface area contributed by atoms with Crippen molar-refractivity contribution in [3.05, 3.63) is 36.0 Å². The summed E-state index contributed by atoms with van der Waals surface area (Å²) >= 11 is 0. The van der Waals surface area contributed by atoms with Gasteiger partial charge in [0.1, 0.15) is 6.73 Å². The second kappa shape index (κ2) is 4.68. The van der Waals surface area contributed by atoms with Crippen molar-refractivity contribution in [2.24, 2.45) is 5.73 Å². The van der Waals surface area contributed by atoms with Crippen LogP contribution >= 0.6 is 0 Å². The van der Waals surface area contributed by atoms with Crippen LogP contribution in [-0.4, -0.2) is 17.7 Å². The zero-order chi connectivity index (χ0) is 11.5. The standard InChI is InChI=1S/C13H18N2O/c1-10(14)7-11-8-15(9-16-2)13-6-4-3-5-12(11)13/h3-6,8,10H,7,9,14H2,1-2H3. The fourth-order valence-corrected chi connectivity index (χ4v) is 2.08. The Labute approximate surface area is 95.8 Å². The van der Waals surface area contributed by atoms with Crippen LogP contribution < -0.4 is 5.73 Å². The molecule has 1 unspecified atom stereocenters. The molecule has 3 heteroatoms. The summed E-state index contributed by atoms with van der Waals surface area (Å²) in [6.45, 7) is 2.61. The van der Waals surface area contributed by atoms with Crippen molar-refractivity contribution in [3.8, 4) is 0 Å². The van der Waals surface area contributed by atoms with E-state index in [4.69, 9.17) is 10.5 Å². The van der Waals surface area contributed by atoms with Crippen LogP contribution in [0, 0.1) is 0 Å². The average molecular weight is 218 g/mol. The molecule has 0 aliphatic carbocycles. The molecule has 86 valence electrons. The molecule has 0 amide bonds. The molecule has 0 radical (unpaired) electrons. The van der Waals surface area contributed by atoms with Crippen LogP contribution in [0.15, 0.2) is 30.5 Å². The number of aromatic nitrogens is 1. The van der Waals surface area contributed by atoms with Gasteiger partial charge in [-0.15, -0.1) is 0 Å². The van der Waals surface area contributed by atoms with Crippen LogP contribution in [0.1, 0.15) is 12.5 Å². The highest BCUT2D eigenvalue weighted by Gasteiger charge is 2.08. The number of methoxy groups -OCH3 is 1. The minimum atomic E-state index is 0.182. The monoisotopic (exact) mass is 218 g/mol. The zero-order valence-electron chi connectivity index (χ0n) is 9.81. The molecule has 1 heterocycles. The molecule has 16 heavy (non-hydrogen) atoms. The minimum Gasteiger partial charge on any atom is -0.364 e. The largest absolute Gasteiger partial charge is 0.364 e. The molecule has 1 aromatic heterocycles. The van der Waals surface area contributed by atoms with E-state index in [0.717, 1.165) is 6.42 Å². The number of nitrogens with zero attached hydrogens (tertiary/aromatic N) is 1. The van der Waals surface area contributed by atoms with Crippen molar-refractivity contribution in [1.29, 1.82) is 0 Å². The number of hydrogen-bond donors (Lipinski definition) is 1. The first-order chi connectivity index (χ1) is 7.72. The van der Waals surface area contributed by atoms with Gasteiger partial charge in [0, 0.05) is 24.7 Å². The lowest BCUT2D eigenvalue weighted by molar-refractivity contribution is 0.134. The first-order valence-electron chi connectivity index (χ1n) is 5.53. The lowest BCUT2D eigenvalue weighted by Crippen LogP contribution is -2.17. The Morgan fingerprint density at radius 3 is 2.81 bits per heavy atom. The molecule has 1 aromatic carbocycles. The minimum absolute atomic E-state index is 0.182. The fourth-order valence-electron chi connectivity index (χ4n) is 2.08. The van der Waals surface area contributed by atoms with Crippen LogP contribution in [0.4, 0.5) is 0 Å². The van der Waals surface area contributed by atoms with Crippen LogP contribution in [0.3, 0.4) is 0 Å². The summed E-state index contributed by atoms with van der Waals surface area (Å²) in [5.74, 6) is 0. The number of nitrogens with two attached hydrogens (primary N) is 1. The van der Waals surface area contributed by atoms with Crippen LogP contribution in [-0.2, 0) is 17.9 Å². The van der Waals surface area contributed by atoms with Gasteiger partial charge in [0.05, 0.1) is 5.52 Å². The lowest BCUT2D eigenvalue weighted by atomic mass is 10.1. The van der Waals surface area contributed by atoms with Crippen LogP contribution in [0.5, 0.6) is 0 Å². The van der Waals surface area contributed by atoms with E-state index >= 15 is 0 Å². The molecule has 1 atom stereocenters. The van der Waals surface area contributed by atoms with Crippen LogP contribution in [0.2, 0.25) is 0 Å². The van der Waals surface area contributed by atoms with Gasteiger partial charge < -0.3 is 15.0 Å². The summed E-state index contributed by atoms with van der Waals surface area (Å²) in [5, 5.41) is 1.27. The summed E-state index contributed by atoms with van der Waals surface area (Å²) in [7, 11) is 1.71. The van der Waals surface area contributed by atoms with E-state index < -0.39 is 0 Å². The predicted molar refractivity (Wildman–Crippen MR) is 66.3 cm³/mol. The summed E-state index contributed by atoms with van der Waals surface area (Å²) in [6.07, 6.45) is 3.04. The van der Waals surface area contributed by atoms with Gasteiger partial charge >= 0.3 is 0 Å². The first-order valence-corrected chi connectivity index (χ1v) is 5.53. The van der Waals surface area contributed by atoms with Gasteiger partial charge in [-0.3, -0.25) is 0 Å². The van der Waals surface area contributed by atoms with Crippen molar-refractivity contribution in [2.75, 3.05) is 7.11 Å². The molecule has 0 fully saturated rings. The molecule has 0 saturated carbocycles. The van der Waals surface area contributed by atoms with Crippen molar-refractivity contribution in [1.82, 2.24) is 4.57 Å². The van der Waals surface area contributed by atoms with Gasteiger partial charge in [0.15, 0.2) is 0 Å². The second-order valence-corrected chi connectivity index (χ2v) is 4.24.